The maximum Gasteiger partial charge on any atom is 0.131 e. The zero-order valence-electron chi connectivity index (χ0n) is 13.2. The van der Waals surface area contributed by atoms with Gasteiger partial charge < -0.3 is 0 Å². The Bertz CT molecular complexity index is 643. The molecule has 2 aromatic rings. The van der Waals surface area contributed by atoms with Crippen molar-refractivity contribution in [2.75, 3.05) is 0 Å². The number of nitrogens with zero attached hydrogens (tertiary/aromatic N) is 1. The summed E-state index contributed by atoms with van der Waals surface area (Å²) >= 11 is 0. The molecule has 1 nitrogen and oxygen atoms in total. The molecule has 0 bridgehead atoms. The van der Waals surface area contributed by atoms with E-state index < -0.39 is 0 Å². The fourth-order valence-corrected chi connectivity index (χ4v) is 2.67. The Balaban J connectivity index is 2.11. The first kappa shape index (κ1) is 16.2. The molecule has 0 fully saturated rings. The highest BCUT2D eigenvalue weighted by Gasteiger charge is 2.13. The summed E-state index contributed by atoms with van der Waals surface area (Å²) < 4.78 is 14.4. The van der Waals surface area contributed by atoms with Crippen LogP contribution in [0.1, 0.15) is 44.6 Å². The normalized spacial score (nSPS) is 13.4. The van der Waals surface area contributed by atoms with Gasteiger partial charge in [-0.15, -0.1) is 0 Å². The molecule has 0 saturated heterocycles. The summed E-state index contributed by atoms with van der Waals surface area (Å²) in [6.07, 6.45) is 2.66. The average Bonchev–Trinajstić information content (AvgIpc) is 2.56. The third kappa shape index (κ3) is 3.95. The van der Waals surface area contributed by atoms with Gasteiger partial charge in [0.1, 0.15) is 5.82 Å². The number of hydrogen-bond acceptors (Lipinski definition) is 1. The maximum atomic E-state index is 14.4. The maximum absolute atomic E-state index is 14.4. The second kappa shape index (κ2) is 7.75. The van der Waals surface area contributed by atoms with Crippen LogP contribution in [0.15, 0.2) is 48.5 Å². The van der Waals surface area contributed by atoms with Crippen molar-refractivity contribution >= 4 is 0 Å². The molecule has 2 unspecified atom stereocenters. The third-order valence-corrected chi connectivity index (χ3v) is 4.27. The summed E-state index contributed by atoms with van der Waals surface area (Å²) in [6.45, 7) is 4.13. The molecule has 2 atom stereocenters. The summed E-state index contributed by atoms with van der Waals surface area (Å²) in [7, 11) is 0. The SMILES string of the molecule is CCC(C#N)CCC(C)c1ccc(-c2ccccc2)c(F)c1. The van der Waals surface area contributed by atoms with Gasteiger partial charge in [-0.1, -0.05) is 56.3 Å². The Morgan fingerprint density at radius 1 is 1.09 bits per heavy atom. The van der Waals surface area contributed by atoms with Crippen molar-refractivity contribution in [3.8, 4) is 17.2 Å². The molecule has 0 aliphatic heterocycles. The van der Waals surface area contributed by atoms with E-state index in [0.717, 1.165) is 30.4 Å². The minimum atomic E-state index is -0.178. The average molecular weight is 295 g/mol. The fraction of sp³-hybridized carbons (Fsp3) is 0.350. The largest absolute Gasteiger partial charge is 0.206 e. The smallest absolute Gasteiger partial charge is 0.131 e. The van der Waals surface area contributed by atoms with Gasteiger partial charge >= 0.3 is 0 Å². The van der Waals surface area contributed by atoms with E-state index >= 15 is 0 Å². The molecule has 0 aliphatic rings. The molecule has 0 spiro atoms. The lowest BCUT2D eigenvalue weighted by Crippen LogP contribution is -2.01. The molecule has 0 radical (unpaired) electrons. The van der Waals surface area contributed by atoms with E-state index in [9.17, 15) is 4.39 Å². The van der Waals surface area contributed by atoms with E-state index in [-0.39, 0.29) is 17.7 Å². The van der Waals surface area contributed by atoms with Crippen LogP contribution in [0.25, 0.3) is 11.1 Å². The first-order chi connectivity index (χ1) is 10.7. The highest BCUT2D eigenvalue weighted by atomic mass is 19.1. The Morgan fingerprint density at radius 2 is 1.82 bits per heavy atom. The van der Waals surface area contributed by atoms with Crippen molar-refractivity contribution in [1.82, 2.24) is 0 Å². The molecule has 0 aromatic heterocycles. The van der Waals surface area contributed by atoms with E-state index in [1.807, 2.05) is 49.4 Å². The highest BCUT2D eigenvalue weighted by molar-refractivity contribution is 5.64. The lowest BCUT2D eigenvalue weighted by Gasteiger charge is -2.15. The molecule has 0 amide bonds. The van der Waals surface area contributed by atoms with E-state index in [0.29, 0.717) is 5.56 Å². The van der Waals surface area contributed by atoms with Gasteiger partial charge in [0, 0.05) is 11.5 Å². The molecule has 0 saturated carbocycles. The van der Waals surface area contributed by atoms with Crippen molar-refractivity contribution in [2.45, 2.75) is 39.0 Å². The van der Waals surface area contributed by atoms with Crippen molar-refractivity contribution in [3.63, 3.8) is 0 Å². The summed E-state index contributed by atoms with van der Waals surface area (Å²) in [5.74, 6) is 0.195. The zero-order valence-corrected chi connectivity index (χ0v) is 13.2. The van der Waals surface area contributed by atoms with E-state index in [4.69, 9.17) is 5.26 Å². The summed E-state index contributed by atoms with van der Waals surface area (Å²) in [4.78, 5) is 0. The van der Waals surface area contributed by atoms with Crippen LogP contribution in [0.2, 0.25) is 0 Å². The Labute approximate surface area is 132 Å². The highest BCUT2D eigenvalue weighted by Crippen LogP contribution is 2.29. The first-order valence-corrected chi connectivity index (χ1v) is 7.90. The van der Waals surface area contributed by atoms with Crippen LogP contribution < -0.4 is 0 Å². The topological polar surface area (TPSA) is 23.8 Å². The van der Waals surface area contributed by atoms with Crippen LogP contribution in [0.4, 0.5) is 4.39 Å². The van der Waals surface area contributed by atoms with Crippen LogP contribution in [0.5, 0.6) is 0 Å². The molecule has 0 aliphatic carbocycles. The van der Waals surface area contributed by atoms with Crippen molar-refractivity contribution < 1.29 is 4.39 Å². The van der Waals surface area contributed by atoms with Gasteiger partial charge in [0.15, 0.2) is 0 Å². The Morgan fingerprint density at radius 3 is 2.41 bits per heavy atom. The lowest BCUT2D eigenvalue weighted by atomic mass is 9.90. The van der Waals surface area contributed by atoms with Gasteiger partial charge in [0.05, 0.1) is 6.07 Å². The quantitative estimate of drug-likeness (QED) is 0.648. The van der Waals surface area contributed by atoms with Crippen LogP contribution in [-0.4, -0.2) is 0 Å². The van der Waals surface area contributed by atoms with Gasteiger partial charge in [-0.2, -0.15) is 5.26 Å². The second-order valence-electron chi connectivity index (χ2n) is 5.82. The molecule has 114 valence electrons. The predicted molar refractivity (Wildman–Crippen MR) is 88.9 cm³/mol. The molecular formula is C20H22FN. The monoisotopic (exact) mass is 295 g/mol. The van der Waals surface area contributed by atoms with Crippen LogP contribution >= 0.6 is 0 Å². The van der Waals surface area contributed by atoms with Crippen molar-refractivity contribution in [1.29, 1.82) is 5.26 Å². The Kier molecular flexibility index (Phi) is 5.72. The minimum Gasteiger partial charge on any atom is -0.206 e. The second-order valence-corrected chi connectivity index (χ2v) is 5.82. The number of halogens is 1. The van der Waals surface area contributed by atoms with E-state index in [1.165, 1.54) is 0 Å². The van der Waals surface area contributed by atoms with E-state index in [1.54, 1.807) is 6.07 Å². The van der Waals surface area contributed by atoms with Crippen LogP contribution in [0, 0.1) is 23.1 Å². The summed E-state index contributed by atoms with van der Waals surface area (Å²) in [5, 5.41) is 9.01. The molecule has 2 rings (SSSR count). The molecule has 0 N–H and O–H groups in total. The van der Waals surface area contributed by atoms with Crippen molar-refractivity contribution in [3.05, 3.63) is 59.9 Å². The number of rotatable bonds is 6. The van der Waals surface area contributed by atoms with Gasteiger partial charge in [-0.3, -0.25) is 0 Å². The van der Waals surface area contributed by atoms with Crippen LogP contribution in [-0.2, 0) is 0 Å². The molecule has 0 heterocycles. The number of benzene rings is 2. The predicted octanol–water partition coefficient (Wildman–Crippen LogP) is 5.93. The van der Waals surface area contributed by atoms with Crippen molar-refractivity contribution in [2.24, 2.45) is 5.92 Å². The minimum absolute atomic E-state index is 0.107. The zero-order chi connectivity index (χ0) is 15.9. The standard InChI is InChI=1S/C20H22FN/c1-3-16(14-22)10-9-15(2)18-11-12-19(20(21)13-18)17-7-5-4-6-8-17/h4-8,11-13,15-16H,3,9-10H2,1-2H3. The summed E-state index contributed by atoms with van der Waals surface area (Å²) in [6, 6.07) is 17.4. The van der Waals surface area contributed by atoms with Gasteiger partial charge in [-0.25, -0.2) is 4.39 Å². The van der Waals surface area contributed by atoms with Gasteiger partial charge in [0.25, 0.3) is 0 Å². The van der Waals surface area contributed by atoms with E-state index in [2.05, 4.69) is 13.0 Å². The fourth-order valence-electron chi connectivity index (χ4n) is 2.67. The number of hydrogen-bond donors (Lipinski definition) is 0. The Hall–Kier alpha value is -2.14. The molecule has 22 heavy (non-hydrogen) atoms. The molecular weight excluding hydrogens is 273 g/mol. The summed E-state index contributed by atoms with van der Waals surface area (Å²) in [5.41, 5.74) is 2.54. The van der Waals surface area contributed by atoms with Crippen LogP contribution in [0.3, 0.4) is 0 Å². The molecule has 2 heteroatoms. The van der Waals surface area contributed by atoms with Gasteiger partial charge in [0.2, 0.25) is 0 Å². The number of nitriles is 1. The first-order valence-electron chi connectivity index (χ1n) is 7.90. The lowest BCUT2D eigenvalue weighted by molar-refractivity contribution is 0.517. The van der Waals surface area contributed by atoms with Gasteiger partial charge in [-0.05, 0) is 42.4 Å². The molecule has 2 aromatic carbocycles. The third-order valence-electron chi connectivity index (χ3n) is 4.27.